The second kappa shape index (κ2) is 13.4. The first-order valence-electron chi connectivity index (χ1n) is 20.4. The van der Waals surface area contributed by atoms with Crippen molar-refractivity contribution in [3.63, 3.8) is 0 Å². The number of hydrogen-bond acceptors (Lipinski definition) is 2. The topological polar surface area (TPSA) is 3.24 Å². The molecule has 1 aliphatic rings. The maximum Gasteiger partial charge on any atom is 0.0714 e. The third-order valence-electron chi connectivity index (χ3n) is 12.5. The molecule has 10 aromatic carbocycles. The molecule has 1 nitrogen and oxygen atoms in total. The van der Waals surface area contributed by atoms with Crippen molar-refractivity contribution >= 4 is 70.1 Å². The zero-order chi connectivity index (χ0) is 38.9. The summed E-state index contributed by atoms with van der Waals surface area (Å²) in [6.07, 6.45) is 0. The molecule has 276 valence electrons. The van der Waals surface area contributed by atoms with Gasteiger partial charge in [-0.1, -0.05) is 200 Å². The highest BCUT2D eigenvalue weighted by molar-refractivity contribution is 7.26. The molecular weight excluding hydrogens is 731 g/mol. The monoisotopic (exact) mass is 767 g/mol. The summed E-state index contributed by atoms with van der Waals surface area (Å²) < 4.78 is 2.56. The van der Waals surface area contributed by atoms with E-state index in [1.165, 1.54) is 97.6 Å². The number of rotatable bonds is 6. The minimum atomic E-state index is -0.534. The van der Waals surface area contributed by atoms with E-state index in [1.54, 1.807) is 0 Å². The second-order valence-corrected chi connectivity index (χ2v) is 16.6. The molecule has 0 bridgehead atoms. The van der Waals surface area contributed by atoms with Gasteiger partial charge in [-0.2, -0.15) is 0 Å². The molecule has 1 aliphatic carbocycles. The summed E-state index contributed by atoms with van der Waals surface area (Å²) in [6, 6.07) is 83.2. The highest BCUT2D eigenvalue weighted by atomic mass is 32.1. The summed E-state index contributed by atoms with van der Waals surface area (Å²) in [5.41, 5.74) is 13.0. The highest BCUT2D eigenvalue weighted by Gasteiger charge is 2.46. The average Bonchev–Trinajstić information content (AvgIpc) is 3.84. The van der Waals surface area contributed by atoms with Crippen LogP contribution >= 0.6 is 11.3 Å². The first-order chi connectivity index (χ1) is 29.3. The Morgan fingerprint density at radius 2 is 0.915 bits per heavy atom. The predicted molar refractivity (Wildman–Crippen MR) is 252 cm³/mol. The minimum Gasteiger partial charge on any atom is -0.308 e. The van der Waals surface area contributed by atoms with Gasteiger partial charge in [0.15, 0.2) is 0 Å². The summed E-state index contributed by atoms with van der Waals surface area (Å²) in [5.74, 6) is 0. The molecule has 0 saturated heterocycles. The van der Waals surface area contributed by atoms with Crippen LogP contribution in [0.2, 0.25) is 0 Å². The molecule has 12 rings (SSSR count). The van der Waals surface area contributed by atoms with E-state index in [4.69, 9.17) is 0 Å². The fourth-order valence-electron chi connectivity index (χ4n) is 10.1. The molecule has 0 radical (unpaired) electrons. The Balaban J connectivity index is 1.26. The van der Waals surface area contributed by atoms with Crippen molar-refractivity contribution in [3.8, 4) is 22.3 Å². The van der Waals surface area contributed by atoms with Crippen molar-refractivity contribution < 1.29 is 0 Å². The molecule has 0 N–H and O–H groups in total. The van der Waals surface area contributed by atoms with Gasteiger partial charge in [0.05, 0.1) is 21.5 Å². The Bertz CT molecular complexity index is 3340. The third kappa shape index (κ3) is 4.97. The SMILES string of the molecule is c1ccc(-c2c(N(c3ccc4c(c3)C(c3ccccc3)(c3ccccc3)c3ccccc3-4)c3cccc4c3sc3ccccc34)c3ccccc3c3ccccc23)cc1. The number of anilines is 3. The van der Waals surface area contributed by atoms with Crippen LogP contribution in [-0.4, -0.2) is 0 Å². The van der Waals surface area contributed by atoms with Crippen LogP contribution in [0.5, 0.6) is 0 Å². The summed E-state index contributed by atoms with van der Waals surface area (Å²) in [6.45, 7) is 0. The number of benzene rings is 10. The third-order valence-corrected chi connectivity index (χ3v) is 13.7. The lowest BCUT2D eigenvalue weighted by molar-refractivity contribution is 0.768. The number of hydrogen-bond donors (Lipinski definition) is 0. The Morgan fingerprint density at radius 3 is 1.64 bits per heavy atom. The largest absolute Gasteiger partial charge is 0.308 e. The molecule has 1 aromatic heterocycles. The van der Waals surface area contributed by atoms with Crippen LogP contribution in [0.3, 0.4) is 0 Å². The zero-order valence-corrected chi connectivity index (χ0v) is 33.0. The fourth-order valence-corrected chi connectivity index (χ4v) is 11.3. The van der Waals surface area contributed by atoms with Gasteiger partial charge in [0.2, 0.25) is 0 Å². The first kappa shape index (κ1) is 33.8. The van der Waals surface area contributed by atoms with Crippen molar-refractivity contribution in [2.24, 2.45) is 0 Å². The molecule has 0 amide bonds. The van der Waals surface area contributed by atoms with E-state index in [0.717, 1.165) is 5.69 Å². The Labute approximate surface area is 347 Å². The van der Waals surface area contributed by atoms with Crippen LogP contribution in [0, 0.1) is 0 Å². The summed E-state index contributed by atoms with van der Waals surface area (Å²) >= 11 is 1.88. The quantitative estimate of drug-likeness (QED) is 0.152. The number of fused-ring (bicyclic) bond motifs is 9. The van der Waals surface area contributed by atoms with Crippen molar-refractivity contribution in [2.75, 3.05) is 4.90 Å². The number of thiophene rings is 1. The second-order valence-electron chi connectivity index (χ2n) is 15.5. The van der Waals surface area contributed by atoms with Crippen LogP contribution in [0.25, 0.3) is 64.0 Å². The van der Waals surface area contributed by atoms with Gasteiger partial charge in [-0.05, 0) is 79.4 Å². The normalized spacial score (nSPS) is 12.9. The van der Waals surface area contributed by atoms with E-state index in [-0.39, 0.29) is 0 Å². The van der Waals surface area contributed by atoms with Crippen molar-refractivity contribution in [2.45, 2.75) is 5.41 Å². The zero-order valence-electron chi connectivity index (χ0n) is 32.2. The molecule has 0 saturated carbocycles. The molecule has 11 aromatic rings. The van der Waals surface area contributed by atoms with Gasteiger partial charge in [-0.15, -0.1) is 11.3 Å². The van der Waals surface area contributed by atoms with Gasteiger partial charge in [-0.3, -0.25) is 0 Å². The molecule has 0 atom stereocenters. The lowest BCUT2D eigenvalue weighted by atomic mass is 9.67. The van der Waals surface area contributed by atoms with E-state index in [0.29, 0.717) is 0 Å². The molecular formula is C57H37NS. The van der Waals surface area contributed by atoms with Crippen LogP contribution in [0.4, 0.5) is 17.1 Å². The molecule has 1 heterocycles. The lowest BCUT2D eigenvalue weighted by Gasteiger charge is -2.35. The van der Waals surface area contributed by atoms with Gasteiger partial charge in [0.25, 0.3) is 0 Å². The predicted octanol–water partition coefficient (Wildman–Crippen LogP) is 15.9. The summed E-state index contributed by atoms with van der Waals surface area (Å²) in [4.78, 5) is 2.60. The maximum atomic E-state index is 2.60. The lowest BCUT2D eigenvalue weighted by Crippen LogP contribution is -2.28. The van der Waals surface area contributed by atoms with Crippen molar-refractivity contribution in [1.29, 1.82) is 0 Å². The van der Waals surface area contributed by atoms with Gasteiger partial charge >= 0.3 is 0 Å². The smallest absolute Gasteiger partial charge is 0.0714 e. The van der Waals surface area contributed by atoms with Gasteiger partial charge in [-0.25, -0.2) is 0 Å². The molecule has 59 heavy (non-hydrogen) atoms. The van der Waals surface area contributed by atoms with Crippen LogP contribution in [0.15, 0.2) is 224 Å². The maximum absolute atomic E-state index is 2.60. The van der Waals surface area contributed by atoms with E-state index in [9.17, 15) is 0 Å². The van der Waals surface area contributed by atoms with Crippen LogP contribution in [0.1, 0.15) is 22.3 Å². The van der Waals surface area contributed by atoms with E-state index in [2.05, 4.69) is 229 Å². The van der Waals surface area contributed by atoms with Crippen molar-refractivity contribution in [3.05, 3.63) is 247 Å². The molecule has 0 spiro atoms. The minimum absolute atomic E-state index is 0.534. The average molecular weight is 768 g/mol. The van der Waals surface area contributed by atoms with Crippen molar-refractivity contribution in [1.82, 2.24) is 0 Å². The standard InChI is InChI=1S/C57H37NS/c1-4-19-38(20-5-1)54-47-29-12-10-25-42(47)43-26-11-13-30-48(43)55(54)58(52-33-18-31-49-46-28-15-17-34-53(46)59-56(49)52)41-35-36-45-44-27-14-16-32-50(44)57(51(45)37-41,39-21-6-2-7-22-39)40-23-8-3-9-24-40/h1-37H. The Morgan fingerprint density at radius 1 is 0.373 bits per heavy atom. The fraction of sp³-hybridized carbons (Fsp3) is 0.0175. The van der Waals surface area contributed by atoms with E-state index >= 15 is 0 Å². The summed E-state index contributed by atoms with van der Waals surface area (Å²) in [7, 11) is 0. The molecule has 0 unspecified atom stereocenters. The van der Waals surface area contributed by atoms with E-state index < -0.39 is 5.41 Å². The first-order valence-corrected chi connectivity index (χ1v) is 21.2. The number of nitrogens with zero attached hydrogens (tertiary/aromatic N) is 1. The summed E-state index contributed by atoms with van der Waals surface area (Å²) in [5, 5.41) is 7.50. The van der Waals surface area contributed by atoms with Gasteiger partial charge in [0.1, 0.15) is 0 Å². The van der Waals surface area contributed by atoms with Crippen LogP contribution in [-0.2, 0) is 5.41 Å². The van der Waals surface area contributed by atoms with Gasteiger partial charge in [0, 0.05) is 32.1 Å². The molecule has 0 fully saturated rings. The molecule has 2 heteroatoms. The highest BCUT2D eigenvalue weighted by Crippen LogP contribution is 2.59. The molecule has 0 aliphatic heterocycles. The van der Waals surface area contributed by atoms with E-state index in [1.807, 2.05) is 11.3 Å². The van der Waals surface area contributed by atoms with Gasteiger partial charge < -0.3 is 4.90 Å². The Hall–Kier alpha value is -7.26. The Kier molecular flexibility index (Phi) is 7.69. The van der Waals surface area contributed by atoms with Crippen LogP contribution < -0.4 is 4.90 Å².